The van der Waals surface area contributed by atoms with Crippen LogP contribution in [0, 0.1) is 0 Å². The van der Waals surface area contributed by atoms with Crippen molar-refractivity contribution in [1.82, 2.24) is 9.80 Å². The summed E-state index contributed by atoms with van der Waals surface area (Å²) < 4.78 is 0. The number of fused-ring (bicyclic) bond motifs is 2. The second kappa shape index (κ2) is 6.84. The summed E-state index contributed by atoms with van der Waals surface area (Å²) in [6.07, 6.45) is 7.39. The first-order valence-electron chi connectivity index (χ1n) is 8.13. The number of hydrogen-bond donors (Lipinski definition) is 0. The van der Waals surface area contributed by atoms with Gasteiger partial charge in [-0.15, -0.1) is 0 Å². The molecular formula is C18H23ClN2O. The highest BCUT2D eigenvalue weighted by molar-refractivity contribution is 6.30. The Morgan fingerprint density at radius 2 is 2.05 bits per heavy atom. The highest BCUT2D eigenvalue weighted by Gasteiger charge is 2.40. The van der Waals surface area contributed by atoms with E-state index < -0.39 is 0 Å². The van der Waals surface area contributed by atoms with Crippen LogP contribution in [0.4, 0.5) is 0 Å². The van der Waals surface area contributed by atoms with Crippen molar-refractivity contribution in [2.45, 2.75) is 38.3 Å². The average molecular weight is 319 g/mol. The van der Waals surface area contributed by atoms with E-state index in [-0.39, 0.29) is 0 Å². The van der Waals surface area contributed by atoms with Crippen LogP contribution in [0.5, 0.6) is 0 Å². The maximum absolute atomic E-state index is 11.9. The summed E-state index contributed by atoms with van der Waals surface area (Å²) in [7, 11) is 0. The molecule has 0 saturated carbocycles. The molecule has 0 unspecified atom stereocenters. The monoisotopic (exact) mass is 318 g/mol. The van der Waals surface area contributed by atoms with E-state index in [0.29, 0.717) is 24.4 Å². The van der Waals surface area contributed by atoms with Gasteiger partial charge in [-0.25, -0.2) is 0 Å². The van der Waals surface area contributed by atoms with Crippen LogP contribution in [-0.4, -0.2) is 47.4 Å². The predicted molar refractivity (Wildman–Crippen MR) is 90.9 cm³/mol. The van der Waals surface area contributed by atoms with E-state index in [9.17, 15) is 4.79 Å². The van der Waals surface area contributed by atoms with Crippen molar-refractivity contribution in [2.24, 2.45) is 0 Å². The van der Waals surface area contributed by atoms with E-state index in [1.165, 1.54) is 12.8 Å². The highest BCUT2D eigenvalue weighted by atomic mass is 35.5. The molecular weight excluding hydrogens is 296 g/mol. The normalized spacial score (nSPS) is 25.1. The summed E-state index contributed by atoms with van der Waals surface area (Å²) in [5.74, 6) is 0.297. The average Bonchev–Trinajstić information content (AvgIpc) is 2.75. The van der Waals surface area contributed by atoms with E-state index in [0.717, 1.165) is 30.2 Å². The smallest absolute Gasteiger partial charge is 0.222 e. The van der Waals surface area contributed by atoms with Crippen LogP contribution >= 0.6 is 11.6 Å². The van der Waals surface area contributed by atoms with Gasteiger partial charge in [0.2, 0.25) is 5.91 Å². The number of carbonyl (C=O) groups is 1. The van der Waals surface area contributed by atoms with Crippen LogP contribution in [-0.2, 0) is 4.79 Å². The maximum Gasteiger partial charge on any atom is 0.222 e. The lowest BCUT2D eigenvalue weighted by atomic mass is 10.1. The van der Waals surface area contributed by atoms with Gasteiger partial charge >= 0.3 is 0 Å². The molecule has 2 fully saturated rings. The van der Waals surface area contributed by atoms with Crippen LogP contribution in [0.3, 0.4) is 0 Å². The van der Waals surface area contributed by atoms with Crippen molar-refractivity contribution in [3.8, 4) is 0 Å². The van der Waals surface area contributed by atoms with E-state index in [1.54, 1.807) is 0 Å². The highest BCUT2D eigenvalue weighted by Crippen LogP contribution is 2.30. The summed E-state index contributed by atoms with van der Waals surface area (Å²) in [5, 5.41) is 0.772. The van der Waals surface area contributed by atoms with Gasteiger partial charge in [0.1, 0.15) is 0 Å². The molecule has 0 aliphatic carbocycles. The lowest BCUT2D eigenvalue weighted by Crippen LogP contribution is -2.55. The molecule has 2 aliphatic rings. The third-order valence-electron chi connectivity index (χ3n) is 4.76. The van der Waals surface area contributed by atoms with Crippen molar-refractivity contribution in [3.05, 3.63) is 40.9 Å². The number of benzene rings is 1. The molecule has 1 amide bonds. The number of hydrogen-bond acceptors (Lipinski definition) is 2. The largest absolute Gasteiger partial charge is 0.340 e. The van der Waals surface area contributed by atoms with Crippen molar-refractivity contribution in [3.63, 3.8) is 0 Å². The van der Waals surface area contributed by atoms with E-state index in [1.807, 2.05) is 25.1 Å². The van der Waals surface area contributed by atoms with E-state index in [4.69, 9.17) is 11.6 Å². The van der Waals surface area contributed by atoms with Gasteiger partial charge in [-0.1, -0.05) is 42.8 Å². The van der Waals surface area contributed by atoms with E-state index >= 15 is 0 Å². The van der Waals surface area contributed by atoms with Gasteiger partial charge in [-0.3, -0.25) is 9.69 Å². The van der Waals surface area contributed by atoms with Crippen LogP contribution < -0.4 is 0 Å². The fourth-order valence-corrected chi connectivity index (χ4v) is 3.84. The number of likely N-dealkylation sites (tertiary alicyclic amines) is 1. The zero-order valence-electron chi connectivity index (χ0n) is 13.0. The van der Waals surface area contributed by atoms with Crippen molar-refractivity contribution < 1.29 is 4.79 Å². The first-order chi connectivity index (χ1) is 10.7. The molecule has 2 bridgehead atoms. The fourth-order valence-electron chi connectivity index (χ4n) is 3.64. The van der Waals surface area contributed by atoms with Gasteiger partial charge < -0.3 is 4.90 Å². The second-order valence-corrected chi connectivity index (χ2v) is 6.63. The summed E-state index contributed by atoms with van der Waals surface area (Å²) in [5.41, 5.74) is 1.14. The zero-order valence-corrected chi connectivity index (χ0v) is 13.8. The molecule has 4 heteroatoms. The topological polar surface area (TPSA) is 23.6 Å². The molecule has 22 heavy (non-hydrogen) atoms. The summed E-state index contributed by atoms with van der Waals surface area (Å²) in [6, 6.07) is 8.96. The Balaban J connectivity index is 1.59. The molecule has 1 aromatic carbocycles. The van der Waals surface area contributed by atoms with Crippen LogP contribution in [0.1, 0.15) is 31.7 Å². The number of carbonyl (C=O) groups excluding carboxylic acids is 1. The molecule has 1 aromatic rings. The number of halogens is 1. The predicted octanol–water partition coefficient (Wildman–Crippen LogP) is 3.44. The molecule has 2 aliphatic heterocycles. The summed E-state index contributed by atoms with van der Waals surface area (Å²) in [4.78, 5) is 16.5. The van der Waals surface area contributed by atoms with Crippen LogP contribution in [0.2, 0.25) is 5.02 Å². The Morgan fingerprint density at radius 1 is 1.32 bits per heavy atom. The molecule has 3 nitrogen and oxygen atoms in total. The maximum atomic E-state index is 11.9. The number of piperazine rings is 1. The third kappa shape index (κ3) is 3.36. The van der Waals surface area contributed by atoms with Crippen molar-refractivity contribution >= 4 is 23.6 Å². The summed E-state index contributed by atoms with van der Waals surface area (Å²) >= 11 is 6.01. The second-order valence-electron chi connectivity index (χ2n) is 6.19. The van der Waals surface area contributed by atoms with Gasteiger partial charge in [0.05, 0.1) is 0 Å². The van der Waals surface area contributed by atoms with Gasteiger partial charge in [0.25, 0.3) is 0 Å². The SMILES string of the molecule is CCC(=O)N1C[C@H]2CC[C@@H](C1)N2C/C=C/c1cccc(Cl)c1. The molecule has 0 aromatic heterocycles. The lowest BCUT2D eigenvalue weighted by molar-refractivity contribution is -0.134. The minimum atomic E-state index is 0.297. The Bertz CT molecular complexity index is 558. The van der Waals surface area contributed by atoms with E-state index in [2.05, 4.69) is 28.0 Å². The molecule has 0 radical (unpaired) electrons. The van der Waals surface area contributed by atoms with Gasteiger partial charge in [-0.05, 0) is 30.5 Å². The molecule has 2 saturated heterocycles. The fraction of sp³-hybridized carbons (Fsp3) is 0.500. The van der Waals surface area contributed by atoms with Gasteiger partial charge in [0.15, 0.2) is 0 Å². The molecule has 0 spiro atoms. The number of rotatable bonds is 4. The van der Waals surface area contributed by atoms with Crippen molar-refractivity contribution in [2.75, 3.05) is 19.6 Å². The standard InChI is InChI=1S/C18H23ClN2O/c1-2-18(22)20-12-16-8-9-17(13-20)21(16)10-4-6-14-5-3-7-15(19)11-14/h3-7,11,16-17H,2,8-10,12-13H2,1H3/b6-4+/t16-,17+. The molecule has 3 rings (SSSR count). The first-order valence-corrected chi connectivity index (χ1v) is 8.51. The summed E-state index contributed by atoms with van der Waals surface area (Å²) in [6.45, 7) is 4.70. The van der Waals surface area contributed by atoms with Gasteiger partial charge in [0, 0.05) is 43.2 Å². The molecule has 118 valence electrons. The molecule has 0 N–H and O–H groups in total. The number of nitrogens with zero attached hydrogens (tertiary/aromatic N) is 2. The quantitative estimate of drug-likeness (QED) is 0.849. The van der Waals surface area contributed by atoms with Crippen LogP contribution in [0.25, 0.3) is 6.08 Å². The molecule has 2 atom stereocenters. The van der Waals surface area contributed by atoms with Crippen molar-refractivity contribution in [1.29, 1.82) is 0 Å². The Hall–Kier alpha value is -1.32. The van der Waals surface area contributed by atoms with Gasteiger partial charge in [-0.2, -0.15) is 0 Å². The Labute approximate surface area is 137 Å². The Kier molecular flexibility index (Phi) is 4.84. The van der Waals surface area contributed by atoms with Crippen LogP contribution in [0.15, 0.2) is 30.3 Å². The minimum absolute atomic E-state index is 0.297. The minimum Gasteiger partial charge on any atom is -0.340 e. The third-order valence-corrected chi connectivity index (χ3v) is 5.00. The lowest BCUT2D eigenvalue weighted by Gasteiger charge is -2.40. The molecule has 2 heterocycles. The Morgan fingerprint density at radius 3 is 2.68 bits per heavy atom. The number of amides is 1. The first kappa shape index (κ1) is 15.6. The zero-order chi connectivity index (χ0) is 15.5.